The van der Waals surface area contributed by atoms with E-state index in [4.69, 9.17) is 27.9 Å². The molecule has 0 spiro atoms. The zero-order valence-electron chi connectivity index (χ0n) is 12.4. The number of halogens is 2. The summed E-state index contributed by atoms with van der Waals surface area (Å²) in [6, 6.07) is 14.5. The van der Waals surface area contributed by atoms with Gasteiger partial charge in [-0.2, -0.15) is 0 Å². The minimum atomic E-state index is 0.410. The van der Waals surface area contributed by atoms with Gasteiger partial charge in [-0.05, 0) is 36.2 Å². The SMILES string of the molecule is Cc1nc(C)c(Cl)c(OCc2ccc3ccccc3c2)c1Cl. The Labute approximate surface area is 139 Å². The lowest BCUT2D eigenvalue weighted by atomic mass is 10.1. The zero-order chi connectivity index (χ0) is 15.7. The van der Waals surface area contributed by atoms with Gasteiger partial charge in [0.1, 0.15) is 16.7 Å². The highest BCUT2D eigenvalue weighted by Gasteiger charge is 2.14. The zero-order valence-corrected chi connectivity index (χ0v) is 13.9. The lowest BCUT2D eigenvalue weighted by Crippen LogP contribution is -2.00. The van der Waals surface area contributed by atoms with E-state index in [1.165, 1.54) is 10.8 Å². The molecule has 3 rings (SSSR count). The number of benzene rings is 2. The summed E-state index contributed by atoms with van der Waals surface area (Å²) >= 11 is 12.5. The highest BCUT2D eigenvalue weighted by atomic mass is 35.5. The molecule has 0 saturated heterocycles. The summed E-state index contributed by atoms with van der Waals surface area (Å²) in [5.74, 6) is 0.501. The number of fused-ring (bicyclic) bond motifs is 1. The largest absolute Gasteiger partial charge is 0.486 e. The van der Waals surface area contributed by atoms with Crippen molar-refractivity contribution in [3.63, 3.8) is 0 Å². The minimum Gasteiger partial charge on any atom is -0.486 e. The molecule has 0 N–H and O–H groups in total. The van der Waals surface area contributed by atoms with Crippen molar-refractivity contribution in [1.29, 1.82) is 0 Å². The number of hydrogen-bond donors (Lipinski definition) is 0. The first-order valence-electron chi connectivity index (χ1n) is 6.99. The van der Waals surface area contributed by atoms with Gasteiger partial charge in [0.05, 0.1) is 11.4 Å². The summed E-state index contributed by atoms with van der Waals surface area (Å²) in [4.78, 5) is 4.29. The van der Waals surface area contributed by atoms with Crippen LogP contribution in [0.5, 0.6) is 5.75 Å². The second-order valence-corrected chi connectivity index (χ2v) is 5.97. The molecule has 4 heteroatoms. The van der Waals surface area contributed by atoms with Crippen LogP contribution in [-0.4, -0.2) is 4.98 Å². The Morgan fingerprint density at radius 1 is 0.909 bits per heavy atom. The van der Waals surface area contributed by atoms with Crippen molar-refractivity contribution >= 4 is 34.0 Å². The summed E-state index contributed by atoms with van der Waals surface area (Å²) in [7, 11) is 0. The molecule has 112 valence electrons. The topological polar surface area (TPSA) is 22.1 Å². The van der Waals surface area contributed by atoms with Crippen molar-refractivity contribution in [1.82, 2.24) is 4.98 Å². The summed E-state index contributed by atoms with van der Waals surface area (Å²) < 4.78 is 5.86. The number of hydrogen-bond acceptors (Lipinski definition) is 2. The van der Waals surface area contributed by atoms with Gasteiger partial charge in [0.2, 0.25) is 0 Å². The van der Waals surface area contributed by atoms with Crippen molar-refractivity contribution in [3.8, 4) is 5.75 Å². The molecule has 2 nitrogen and oxygen atoms in total. The molecular weight excluding hydrogens is 317 g/mol. The second kappa shape index (κ2) is 6.15. The predicted molar refractivity (Wildman–Crippen MR) is 92.0 cm³/mol. The van der Waals surface area contributed by atoms with Crippen LogP contribution in [0.15, 0.2) is 42.5 Å². The molecule has 0 amide bonds. The van der Waals surface area contributed by atoms with E-state index in [1.807, 2.05) is 32.0 Å². The van der Waals surface area contributed by atoms with E-state index in [0.717, 1.165) is 17.0 Å². The molecule has 0 saturated carbocycles. The van der Waals surface area contributed by atoms with Crippen LogP contribution in [0.1, 0.15) is 17.0 Å². The average Bonchev–Trinajstić information content (AvgIpc) is 2.53. The Balaban J connectivity index is 1.88. The van der Waals surface area contributed by atoms with Crippen LogP contribution in [0.2, 0.25) is 10.0 Å². The van der Waals surface area contributed by atoms with E-state index < -0.39 is 0 Å². The lowest BCUT2D eigenvalue weighted by Gasteiger charge is -2.13. The van der Waals surface area contributed by atoms with Crippen LogP contribution < -0.4 is 4.74 Å². The third-order valence-electron chi connectivity index (χ3n) is 3.57. The van der Waals surface area contributed by atoms with Crippen molar-refractivity contribution in [2.75, 3.05) is 0 Å². The molecule has 2 aromatic carbocycles. The molecule has 0 aliphatic heterocycles. The van der Waals surface area contributed by atoms with Crippen LogP contribution in [0.25, 0.3) is 10.8 Å². The van der Waals surface area contributed by atoms with Gasteiger partial charge in [0, 0.05) is 0 Å². The molecule has 0 atom stereocenters. The fraction of sp³-hybridized carbons (Fsp3) is 0.167. The van der Waals surface area contributed by atoms with Crippen LogP contribution >= 0.6 is 23.2 Å². The van der Waals surface area contributed by atoms with Crippen LogP contribution in [0.3, 0.4) is 0 Å². The van der Waals surface area contributed by atoms with E-state index in [1.54, 1.807) is 0 Å². The first kappa shape index (κ1) is 15.1. The third kappa shape index (κ3) is 2.90. The van der Waals surface area contributed by atoms with Gasteiger partial charge in [0.25, 0.3) is 0 Å². The first-order valence-corrected chi connectivity index (χ1v) is 7.74. The van der Waals surface area contributed by atoms with Gasteiger partial charge < -0.3 is 4.74 Å². The summed E-state index contributed by atoms with van der Waals surface area (Å²) in [6.07, 6.45) is 0. The fourth-order valence-electron chi connectivity index (χ4n) is 2.39. The summed E-state index contributed by atoms with van der Waals surface area (Å²) in [6.45, 7) is 4.09. The quantitative estimate of drug-likeness (QED) is 0.610. The van der Waals surface area contributed by atoms with Crippen molar-refractivity contribution in [2.45, 2.75) is 20.5 Å². The smallest absolute Gasteiger partial charge is 0.160 e. The molecule has 0 aliphatic rings. The number of nitrogens with zero attached hydrogens (tertiary/aromatic N) is 1. The van der Waals surface area contributed by atoms with E-state index in [-0.39, 0.29) is 0 Å². The Morgan fingerprint density at radius 2 is 1.55 bits per heavy atom. The van der Waals surface area contributed by atoms with Gasteiger partial charge in [-0.15, -0.1) is 0 Å². The minimum absolute atomic E-state index is 0.410. The number of aryl methyl sites for hydroxylation is 2. The van der Waals surface area contributed by atoms with Crippen LogP contribution in [0, 0.1) is 13.8 Å². The van der Waals surface area contributed by atoms with Crippen molar-refractivity contribution < 1.29 is 4.74 Å². The monoisotopic (exact) mass is 331 g/mol. The molecule has 1 heterocycles. The maximum Gasteiger partial charge on any atom is 0.160 e. The fourth-order valence-corrected chi connectivity index (χ4v) is 2.82. The Hall–Kier alpha value is -1.77. The molecule has 0 radical (unpaired) electrons. The Morgan fingerprint density at radius 3 is 2.23 bits per heavy atom. The van der Waals surface area contributed by atoms with Crippen LogP contribution in [0.4, 0.5) is 0 Å². The molecule has 1 aromatic heterocycles. The van der Waals surface area contributed by atoms with E-state index in [2.05, 4.69) is 29.2 Å². The second-order valence-electron chi connectivity index (χ2n) is 5.21. The van der Waals surface area contributed by atoms with E-state index in [0.29, 0.717) is 22.4 Å². The maximum absolute atomic E-state index is 6.26. The van der Waals surface area contributed by atoms with Gasteiger partial charge in [-0.1, -0.05) is 59.6 Å². The summed E-state index contributed by atoms with van der Waals surface area (Å²) in [5, 5.41) is 3.33. The molecule has 0 fully saturated rings. The Bertz CT molecular complexity index is 820. The molecule has 0 aliphatic carbocycles. The van der Waals surface area contributed by atoms with Crippen molar-refractivity contribution in [3.05, 3.63) is 69.5 Å². The lowest BCUT2D eigenvalue weighted by molar-refractivity contribution is 0.306. The predicted octanol–water partition coefficient (Wildman–Crippen LogP) is 5.74. The van der Waals surface area contributed by atoms with E-state index >= 15 is 0 Å². The van der Waals surface area contributed by atoms with Gasteiger partial charge in [-0.3, -0.25) is 4.98 Å². The van der Waals surface area contributed by atoms with Gasteiger partial charge in [0.15, 0.2) is 5.75 Å². The van der Waals surface area contributed by atoms with Gasteiger partial charge >= 0.3 is 0 Å². The normalized spacial score (nSPS) is 10.9. The maximum atomic E-state index is 6.26. The number of rotatable bonds is 3. The van der Waals surface area contributed by atoms with Crippen molar-refractivity contribution in [2.24, 2.45) is 0 Å². The standard InChI is InChI=1S/C18H15Cl2NO/c1-11-16(19)18(17(20)12(2)21-11)22-10-13-7-8-14-5-3-4-6-15(14)9-13/h3-9H,10H2,1-2H3. The van der Waals surface area contributed by atoms with Crippen LogP contribution in [-0.2, 0) is 6.61 Å². The number of aromatic nitrogens is 1. The first-order chi connectivity index (χ1) is 10.6. The van der Waals surface area contributed by atoms with Gasteiger partial charge in [-0.25, -0.2) is 0 Å². The third-order valence-corrected chi connectivity index (χ3v) is 4.46. The average molecular weight is 332 g/mol. The Kier molecular flexibility index (Phi) is 4.23. The molecule has 0 unspecified atom stereocenters. The highest BCUT2D eigenvalue weighted by molar-refractivity contribution is 6.37. The summed E-state index contributed by atoms with van der Waals surface area (Å²) in [5.41, 5.74) is 2.51. The highest BCUT2D eigenvalue weighted by Crippen LogP contribution is 2.36. The van der Waals surface area contributed by atoms with E-state index in [9.17, 15) is 0 Å². The molecular formula is C18H15Cl2NO. The molecule has 3 aromatic rings. The number of ether oxygens (including phenoxy) is 1. The number of pyridine rings is 1. The molecule has 22 heavy (non-hydrogen) atoms. The molecule has 0 bridgehead atoms.